The molecule has 1 fully saturated rings. The Kier molecular flexibility index (Phi) is 3.90. The molecular formula is C8H12O10. The summed E-state index contributed by atoms with van der Waals surface area (Å²) in [5, 5.41) is 63.8. The molecule has 0 aromatic carbocycles. The van der Waals surface area contributed by atoms with Gasteiger partial charge in [0.05, 0.1) is 0 Å². The van der Waals surface area contributed by atoms with Crippen LogP contribution >= 0.6 is 0 Å². The largest absolute Gasteiger partial charge is 0.479 e. The molecule has 1 rings (SSSR count). The van der Waals surface area contributed by atoms with E-state index in [2.05, 4.69) is 4.74 Å². The van der Waals surface area contributed by atoms with Crippen LogP contribution in [-0.4, -0.2) is 84.0 Å². The molecule has 10 heteroatoms. The van der Waals surface area contributed by atoms with E-state index in [1.54, 1.807) is 0 Å². The highest BCUT2D eigenvalue weighted by Gasteiger charge is 2.60. The van der Waals surface area contributed by atoms with Crippen LogP contribution in [0.15, 0.2) is 0 Å². The Morgan fingerprint density at radius 2 is 1.33 bits per heavy atom. The molecule has 1 aliphatic rings. The second-order valence-corrected chi connectivity index (χ2v) is 3.80. The van der Waals surface area contributed by atoms with Crippen molar-refractivity contribution in [2.24, 2.45) is 0 Å². The van der Waals surface area contributed by atoms with Crippen LogP contribution in [0.5, 0.6) is 0 Å². The number of aliphatic carboxylic acids is 2. The molecule has 18 heavy (non-hydrogen) atoms. The molecule has 0 aromatic rings. The van der Waals surface area contributed by atoms with Crippen molar-refractivity contribution in [2.45, 2.75) is 36.3 Å². The molecule has 0 amide bonds. The molecule has 1 heterocycles. The predicted octanol–water partition coefficient (Wildman–Crippen LogP) is -4.31. The van der Waals surface area contributed by atoms with E-state index in [0.717, 1.165) is 0 Å². The van der Waals surface area contributed by atoms with Gasteiger partial charge in [-0.05, 0) is 0 Å². The minimum atomic E-state index is -3.58. The van der Waals surface area contributed by atoms with Crippen molar-refractivity contribution >= 4 is 11.9 Å². The molecule has 7 N–H and O–H groups in total. The maximum atomic E-state index is 10.8. The SMILES string of the molecule is O=C(O)C(O)(C(=O)O)[C@H]1O[C@@H](O)[C@H](O)[C@@H](O)[C@@H]1O. The lowest BCUT2D eigenvalue weighted by Crippen LogP contribution is -2.69. The third-order valence-electron chi connectivity index (χ3n) is 2.65. The molecular weight excluding hydrogens is 256 g/mol. The van der Waals surface area contributed by atoms with Crippen molar-refractivity contribution in [3.05, 3.63) is 0 Å². The van der Waals surface area contributed by atoms with Gasteiger partial charge in [-0.15, -0.1) is 0 Å². The zero-order valence-corrected chi connectivity index (χ0v) is 8.74. The summed E-state index contributed by atoms with van der Waals surface area (Å²) in [7, 11) is 0. The molecule has 5 atom stereocenters. The van der Waals surface area contributed by atoms with E-state index < -0.39 is 48.2 Å². The molecule has 0 aliphatic carbocycles. The van der Waals surface area contributed by atoms with Crippen molar-refractivity contribution in [3.63, 3.8) is 0 Å². The van der Waals surface area contributed by atoms with Gasteiger partial charge in [-0.3, -0.25) is 0 Å². The van der Waals surface area contributed by atoms with E-state index in [9.17, 15) is 24.9 Å². The number of carboxylic acid groups (broad SMARTS) is 2. The minimum absolute atomic E-state index is 1.97. The van der Waals surface area contributed by atoms with Crippen LogP contribution in [-0.2, 0) is 14.3 Å². The second kappa shape index (κ2) is 4.76. The zero-order chi connectivity index (χ0) is 14.2. The lowest BCUT2D eigenvalue weighted by Gasteiger charge is -2.42. The topological polar surface area (TPSA) is 185 Å². The van der Waals surface area contributed by atoms with Gasteiger partial charge in [-0.2, -0.15) is 0 Å². The summed E-state index contributed by atoms with van der Waals surface area (Å²) < 4.78 is 4.35. The smallest absolute Gasteiger partial charge is 0.350 e. The monoisotopic (exact) mass is 268 g/mol. The van der Waals surface area contributed by atoms with Crippen molar-refractivity contribution < 1.29 is 50.1 Å². The first kappa shape index (κ1) is 14.8. The normalized spacial score (nSPS) is 37.3. The Morgan fingerprint density at radius 3 is 1.72 bits per heavy atom. The van der Waals surface area contributed by atoms with Gasteiger partial charge in [0.2, 0.25) is 0 Å². The highest BCUT2D eigenvalue weighted by atomic mass is 16.6. The Balaban J connectivity index is 3.14. The lowest BCUT2D eigenvalue weighted by atomic mass is 9.86. The number of aliphatic hydroxyl groups is 5. The maximum Gasteiger partial charge on any atom is 0.350 e. The first-order chi connectivity index (χ1) is 8.13. The third kappa shape index (κ3) is 2.05. The van der Waals surface area contributed by atoms with Crippen LogP contribution in [0, 0.1) is 0 Å². The molecule has 1 saturated heterocycles. The Labute approximate surface area is 99.3 Å². The van der Waals surface area contributed by atoms with Crippen molar-refractivity contribution in [1.82, 2.24) is 0 Å². The number of hydrogen-bond acceptors (Lipinski definition) is 8. The van der Waals surface area contributed by atoms with E-state index >= 15 is 0 Å². The summed E-state index contributed by atoms with van der Waals surface area (Å²) in [4.78, 5) is 21.5. The van der Waals surface area contributed by atoms with Crippen molar-refractivity contribution in [1.29, 1.82) is 0 Å². The van der Waals surface area contributed by atoms with Gasteiger partial charge >= 0.3 is 11.9 Å². The summed E-state index contributed by atoms with van der Waals surface area (Å²) in [5.41, 5.74) is -3.58. The fourth-order valence-corrected chi connectivity index (χ4v) is 1.54. The Hall–Kier alpha value is -1.30. The summed E-state index contributed by atoms with van der Waals surface area (Å²) in [5.74, 6) is -4.51. The van der Waals surface area contributed by atoms with Crippen LogP contribution < -0.4 is 0 Å². The number of aliphatic hydroxyl groups excluding tert-OH is 4. The number of rotatable bonds is 3. The number of carboxylic acids is 2. The highest BCUT2D eigenvalue weighted by Crippen LogP contribution is 2.28. The van der Waals surface area contributed by atoms with E-state index in [4.69, 9.17) is 20.4 Å². The van der Waals surface area contributed by atoms with Crippen LogP contribution in [0.2, 0.25) is 0 Å². The standard InChI is InChI=1S/C8H12O10/c9-1-2(10)4(18-5(12)3(1)11)8(17,6(13)14)7(15)16/h1-5,9-12,17H,(H,13,14)(H,15,16)/t1-,2-,3+,4-,5+/m0/s1. The van der Waals surface area contributed by atoms with Crippen LogP contribution in [0.4, 0.5) is 0 Å². The summed E-state index contributed by atoms with van der Waals surface area (Å²) in [6, 6.07) is 0. The predicted molar refractivity (Wildman–Crippen MR) is 49.1 cm³/mol. The lowest BCUT2D eigenvalue weighted by molar-refractivity contribution is -0.308. The third-order valence-corrected chi connectivity index (χ3v) is 2.65. The molecule has 1 aliphatic heterocycles. The van der Waals surface area contributed by atoms with Crippen LogP contribution in [0.25, 0.3) is 0 Å². The van der Waals surface area contributed by atoms with E-state index in [-0.39, 0.29) is 0 Å². The molecule has 0 unspecified atom stereocenters. The van der Waals surface area contributed by atoms with Crippen LogP contribution in [0.3, 0.4) is 0 Å². The van der Waals surface area contributed by atoms with Gasteiger partial charge in [0.1, 0.15) is 24.4 Å². The average molecular weight is 268 g/mol. The Morgan fingerprint density at radius 1 is 0.889 bits per heavy atom. The number of ether oxygens (including phenoxy) is 1. The van der Waals surface area contributed by atoms with E-state index in [0.29, 0.717) is 0 Å². The van der Waals surface area contributed by atoms with Gasteiger partial charge in [0.15, 0.2) is 6.29 Å². The molecule has 0 radical (unpaired) electrons. The first-order valence-corrected chi connectivity index (χ1v) is 4.71. The van der Waals surface area contributed by atoms with Crippen molar-refractivity contribution in [3.8, 4) is 0 Å². The van der Waals surface area contributed by atoms with Gasteiger partial charge in [-0.25, -0.2) is 9.59 Å². The number of hydrogen-bond donors (Lipinski definition) is 7. The number of carbonyl (C=O) groups is 2. The van der Waals surface area contributed by atoms with Crippen LogP contribution in [0.1, 0.15) is 0 Å². The Bertz CT molecular complexity index is 340. The first-order valence-electron chi connectivity index (χ1n) is 4.71. The van der Waals surface area contributed by atoms with Gasteiger partial charge in [0, 0.05) is 0 Å². The molecule has 0 saturated carbocycles. The van der Waals surface area contributed by atoms with E-state index in [1.165, 1.54) is 0 Å². The maximum absolute atomic E-state index is 10.8. The molecule has 0 aromatic heterocycles. The van der Waals surface area contributed by atoms with Gasteiger partial charge < -0.3 is 40.5 Å². The molecule has 104 valence electrons. The molecule has 0 bridgehead atoms. The van der Waals surface area contributed by atoms with E-state index in [1.807, 2.05) is 0 Å². The molecule has 10 nitrogen and oxygen atoms in total. The molecule has 0 spiro atoms. The van der Waals surface area contributed by atoms with Gasteiger partial charge in [-0.1, -0.05) is 0 Å². The minimum Gasteiger partial charge on any atom is -0.479 e. The summed E-state index contributed by atoms with van der Waals surface area (Å²) in [6.07, 6.45) is -10.8. The van der Waals surface area contributed by atoms with Gasteiger partial charge in [0.25, 0.3) is 5.60 Å². The average Bonchev–Trinajstić information content (AvgIpc) is 2.29. The summed E-state index contributed by atoms with van der Waals surface area (Å²) in [6.45, 7) is 0. The fourth-order valence-electron chi connectivity index (χ4n) is 1.54. The summed E-state index contributed by atoms with van der Waals surface area (Å²) >= 11 is 0. The second-order valence-electron chi connectivity index (χ2n) is 3.80. The quantitative estimate of drug-likeness (QED) is 0.247. The fraction of sp³-hybridized carbons (Fsp3) is 0.750. The zero-order valence-electron chi connectivity index (χ0n) is 8.74. The highest BCUT2D eigenvalue weighted by molar-refractivity contribution is 6.02. The van der Waals surface area contributed by atoms with Crippen molar-refractivity contribution in [2.75, 3.05) is 0 Å².